The number of hydrogen-bond acceptors (Lipinski definition) is 5. The van der Waals surface area contributed by atoms with E-state index < -0.39 is 6.04 Å². The first-order valence-corrected chi connectivity index (χ1v) is 8.29. The molecule has 23 heavy (non-hydrogen) atoms. The lowest BCUT2D eigenvalue weighted by Crippen LogP contribution is -2.53. The Morgan fingerprint density at radius 3 is 2.39 bits per heavy atom. The number of halogens is 2. The zero-order valence-corrected chi connectivity index (χ0v) is 16.1. The molecule has 2 N–H and O–H groups in total. The van der Waals surface area contributed by atoms with Crippen LogP contribution in [0, 0.1) is 0 Å². The molecular formula is C15H27Cl2N3O2S. The van der Waals surface area contributed by atoms with Gasteiger partial charge in [-0.05, 0) is 18.6 Å². The maximum atomic E-state index is 12.1. The molecule has 1 unspecified atom stereocenters. The number of thiophene rings is 1. The molecule has 1 saturated heterocycles. The van der Waals surface area contributed by atoms with Gasteiger partial charge in [-0.3, -0.25) is 9.69 Å². The molecule has 1 aliphatic rings. The lowest BCUT2D eigenvalue weighted by Gasteiger charge is -2.35. The van der Waals surface area contributed by atoms with E-state index in [-0.39, 0.29) is 37.3 Å². The van der Waals surface area contributed by atoms with Gasteiger partial charge < -0.3 is 15.4 Å². The van der Waals surface area contributed by atoms with Crippen molar-refractivity contribution in [1.82, 2.24) is 9.80 Å². The number of carbonyl (C=O) groups is 1. The Morgan fingerprint density at radius 1 is 1.26 bits per heavy atom. The van der Waals surface area contributed by atoms with Gasteiger partial charge in [0.1, 0.15) is 6.04 Å². The Bertz CT molecular complexity index is 465. The molecular weight excluding hydrogens is 357 g/mol. The number of methoxy groups -OCH3 is 1. The van der Waals surface area contributed by atoms with Crippen molar-refractivity contribution in [2.45, 2.75) is 25.9 Å². The van der Waals surface area contributed by atoms with Crippen molar-refractivity contribution in [3.8, 4) is 0 Å². The van der Waals surface area contributed by atoms with Crippen molar-refractivity contribution in [1.29, 1.82) is 0 Å². The van der Waals surface area contributed by atoms with Gasteiger partial charge in [-0.2, -0.15) is 0 Å². The molecule has 1 atom stereocenters. The van der Waals surface area contributed by atoms with Crippen LogP contribution in [-0.2, 0) is 22.5 Å². The summed E-state index contributed by atoms with van der Waals surface area (Å²) in [5.74, 6) is 0.000827. The number of rotatable bonds is 6. The molecule has 1 aromatic rings. The monoisotopic (exact) mass is 383 g/mol. The van der Waals surface area contributed by atoms with E-state index in [0.29, 0.717) is 0 Å². The van der Waals surface area contributed by atoms with Gasteiger partial charge in [-0.25, -0.2) is 0 Å². The Labute approximate surface area is 155 Å². The number of nitrogens with two attached hydrogens (primary N) is 1. The third-order valence-electron chi connectivity index (χ3n) is 3.79. The van der Waals surface area contributed by atoms with Crippen LogP contribution in [-0.4, -0.2) is 61.6 Å². The van der Waals surface area contributed by atoms with E-state index in [1.165, 1.54) is 9.75 Å². The van der Waals surface area contributed by atoms with Gasteiger partial charge in [0.2, 0.25) is 5.91 Å². The van der Waals surface area contributed by atoms with Gasteiger partial charge in [-0.15, -0.1) is 36.2 Å². The van der Waals surface area contributed by atoms with E-state index in [1.54, 1.807) is 7.11 Å². The number of hydrogen-bond donors (Lipinski definition) is 1. The summed E-state index contributed by atoms with van der Waals surface area (Å²) in [4.78, 5) is 19.2. The Balaban J connectivity index is 0.00000242. The molecule has 134 valence electrons. The molecule has 0 spiro atoms. The Hall–Kier alpha value is -0.370. The molecule has 0 radical (unpaired) electrons. The summed E-state index contributed by atoms with van der Waals surface area (Å²) in [6, 6.07) is 3.89. The minimum Gasteiger partial charge on any atom is -0.383 e. The summed E-state index contributed by atoms with van der Waals surface area (Å²) in [6.45, 7) is 6.77. The van der Waals surface area contributed by atoms with E-state index in [9.17, 15) is 4.79 Å². The molecule has 1 amide bonds. The average Bonchev–Trinajstić information content (AvgIpc) is 2.95. The molecule has 0 aromatic carbocycles. The zero-order valence-electron chi connectivity index (χ0n) is 13.7. The minimum atomic E-state index is -0.536. The lowest BCUT2D eigenvalue weighted by atomic mass is 10.2. The van der Waals surface area contributed by atoms with Gasteiger partial charge in [0, 0.05) is 49.6 Å². The highest BCUT2D eigenvalue weighted by Crippen LogP contribution is 2.19. The first-order chi connectivity index (χ1) is 10.1. The van der Waals surface area contributed by atoms with Crippen LogP contribution < -0.4 is 5.73 Å². The van der Waals surface area contributed by atoms with Crippen molar-refractivity contribution >= 4 is 42.1 Å². The first-order valence-electron chi connectivity index (χ1n) is 7.47. The molecule has 0 aliphatic carbocycles. The van der Waals surface area contributed by atoms with E-state index in [4.69, 9.17) is 10.5 Å². The third-order valence-corrected chi connectivity index (χ3v) is 5.01. The molecule has 0 bridgehead atoms. The maximum absolute atomic E-state index is 12.1. The van der Waals surface area contributed by atoms with Crippen LogP contribution in [0.3, 0.4) is 0 Å². The summed E-state index contributed by atoms with van der Waals surface area (Å²) in [6.07, 6.45) is 1.10. The molecule has 2 rings (SSSR count). The molecule has 0 saturated carbocycles. The van der Waals surface area contributed by atoms with Crippen LogP contribution in [0.5, 0.6) is 0 Å². The number of carbonyl (C=O) groups excluding carboxylic acids is 1. The van der Waals surface area contributed by atoms with Crippen LogP contribution in [0.2, 0.25) is 0 Å². The summed E-state index contributed by atoms with van der Waals surface area (Å²) >= 11 is 1.89. The second-order valence-electron chi connectivity index (χ2n) is 5.38. The van der Waals surface area contributed by atoms with Gasteiger partial charge in [-0.1, -0.05) is 6.92 Å². The SMILES string of the molecule is CCc1ccc(CN2CCN(C(=O)C(N)COC)CC2)s1.Cl.Cl. The third kappa shape index (κ3) is 6.57. The normalized spacial score (nSPS) is 16.4. The number of ether oxygens (including phenoxy) is 1. The van der Waals surface area contributed by atoms with Crippen LogP contribution in [0.4, 0.5) is 0 Å². The summed E-state index contributed by atoms with van der Waals surface area (Å²) in [5, 5.41) is 0. The number of amides is 1. The van der Waals surface area contributed by atoms with Crippen LogP contribution in [0.15, 0.2) is 12.1 Å². The molecule has 5 nitrogen and oxygen atoms in total. The van der Waals surface area contributed by atoms with Gasteiger partial charge in [0.25, 0.3) is 0 Å². The largest absolute Gasteiger partial charge is 0.383 e. The van der Waals surface area contributed by atoms with Crippen LogP contribution >= 0.6 is 36.2 Å². The smallest absolute Gasteiger partial charge is 0.241 e. The van der Waals surface area contributed by atoms with E-state index in [1.807, 2.05) is 16.2 Å². The molecule has 1 fully saturated rings. The highest BCUT2D eigenvalue weighted by molar-refractivity contribution is 7.11. The fourth-order valence-corrected chi connectivity index (χ4v) is 3.53. The topological polar surface area (TPSA) is 58.8 Å². The highest BCUT2D eigenvalue weighted by atomic mass is 35.5. The van der Waals surface area contributed by atoms with E-state index >= 15 is 0 Å². The standard InChI is InChI=1S/C15H25N3O2S.2ClH/c1-3-12-4-5-13(21-12)10-17-6-8-18(9-7-17)15(19)14(16)11-20-2;;/h4-5,14H,3,6-11,16H2,1-2H3;2*1H. The average molecular weight is 384 g/mol. The van der Waals surface area contributed by atoms with Gasteiger partial charge >= 0.3 is 0 Å². The predicted molar refractivity (Wildman–Crippen MR) is 99.9 cm³/mol. The summed E-state index contributed by atoms with van der Waals surface area (Å²) < 4.78 is 4.95. The van der Waals surface area contributed by atoms with Gasteiger partial charge in [0.15, 0.2) is 0 Å². The molecule has 2 heterocycles. The molecule has 1 aromatic heterocycles. The van der Waals surface area contributed by atoms with Crippen molar-refractivity contribution in [2.75, 3.05) is 39.9 Å². The first kappa shape index (κ1) is 22.6. The number of nitrogens with zero attached hydrogens (tertiary/aromatic N) is 2. The minimum absolute atomic E-state index is 0. The second-order valence-corrected chi connectivity index (χ2v) is 6.64. The Morgan fingerprint density at radius 2 is 1.87 bits per heavy atom. The number of piperazine rings is 1. The van der Waals surface area contributed by atoms with Crippen molar-refractivity contribution < 1.29 is 9.53 Å². The summed E-state index contributed by atoms with van der Waals surface area (Å²) in [7, 11) is 1.57. The zero-order chi connectivity index (χ0) is 15.2. The highest BCUT2D eigenvalue weighted by Gasteiger charge is 2.25. The molecule has 8 heteroatoms. The number of aryl methyl sites for hydroxylation is 1. The fourth-order valence-electron chi connectivity index (χ4n) is 2.53. The van der Waals surface area contributed by atoms with Crippen molar-refractivity contribution in [3.63, 3.8) is 0 Å². The lowest BCUT2D eigenvalue weighted by molar-refractivity contribution is -0.135. The fraction of sp³-hybridized carbons (Fsp3) is 0.667. The van der Waals surface area contributed by atoms with Crippen molar-refractivity contribution in [3.05, 3.63) is 21.9 Å². The van der Waals surface area contributed by atoms with Crippen LogP contribution in [0.25, 0.3) is 0 Å². The summed E-state index contributed by atoms with van der Waals surface area (Å²) in [5.41, 5.74) is 5.81. The maximum Gasteiger partial charge on any atom is 0.241 e. The second kappa shape index (κ2) is 11.2. The predicted octanol–water partition coefficient (Wildman–Crippen LogP) is 1.77. The Kier molecular flexibility index (Phi) is 11.1. The van der Waals surface area contributed by atoms with Gasteiger partial charge in [0.05, 0.1) is 6.61 Å². The van der Waals surface area contributed by atoms with Crippen molar-refractivity contribution in [2.24, 2.45) is 5.73 Å². The van der Waals surface area contributed by atoms with E-state index in [0.717, 1.165) is 39.1 Å². The van der Waals surface area contributed by atoms with E-state index in [2.05, 4.69) is 24.0 Å². The quantitative estimate of drug-likeness (QED) is 0.812. The molecule has 1 aliphatic heterocycles. The van der Waals surface area contributed by atoms with Crippen LogP contribution in [0.1, 0.15) is 16.7 Å².